The maximum Gasteiger partial charge on any atom is 0.0953 e. The molecule has 0 radical (unpaired) electrons. The molecule has 2 nitrogen and oxygen atoms in total. The van der Waals surface area contributed by atoms with Crippen LogP contribution in [0.5, 0.6) is 0 Å². The minimum Gasteiger partial charge on any atom is -0.330 e. The molecule has 1 aromatic heterocycles. The van der Waals surface area contributed by atoms with E-state index in [1.54, 1.807) is 11.3 Å². The highest BCUT2D eigenvalue weighted by Gasteiger charge is 2.04. The van der Waals surface area contributed by atoms with Gasteiger partial charge in [0.15, 0.2) is 0 Å². The second-order valence-corrected chi connectivity index (χ2v) is 4.00. The number of thiazole rings is 1. The van der Waals surface area contributed by atoms with Crippen molar-refractivity contribution in [2.24, 2.45) is 5.73 Å². The van der Waals surface area contributed by atoms with Gasteiger partial charge in [0.2, 0.25) is 0 Å². The van der Waals surface area contributed by atoms with Gasteiger partial charge in [0.1, 0.15) is 0 Å². The van der Waals surface area contributed by atoms with E-state index >= 15 is 0 Å². The minimum atomic E-state index is 0.548. The molecule has 0 amide bonds. The van der Waals surface area contributed by atoms with Crippen LogP contribution in [0.2, 0.25) is 0 Å². The smallest absolute Gasteiger partial charge is 0.0953 e. The Labute approximate surface area is 71.5 Å². The van der Waals surface area contributed by atoms with Crippen molar-refractivity contribution in [2.75, 3.05) is 6.54 Å². The van der Waals surface area contributed by atoms with Crippen LogP contribution in [0.1, 0.15) is 29.7 Å². The summed E-state index contributed by atoms with van der Waals surface area (Å²) in [5.41, 5.74) is 5.42. The molecule has 0 spiro atoms. The lowest BCUT2D eigenvalue weighted by molar-refractivity contribution is 0.852. The topological polar surface area (TPSA) is 38.9 Å². The van der Waals surface area contributed by atoms with Gasteiger partial charge >= 0.3 is 0 Å². The highest BCUT2D eigenvalue weighted by molar-refractivity contribution is 7.11. The van der Waals surface area contributed by atoms with Gasteiger partial charge in [-0.3, -0.25) is 0 Å². The van der Waals surface area contributed by atoms with E-state index in [-0.39, 0.29) is 0 Å². The lowest BCUT2D eigenvalue weighted by Gasteiger charge is -1.95. The van der Waals surface area contributed by atoms with E-state index in [0.29, 0.717) is 5.92 Å². The third-order valence-electron chi connectivity index (χ3n) is 1.46. The lowest BCUT2D eigenvalue weighted by atomic mass is 10.2. The Kier molecular flexibility index (Phi) is 3.02. The van der Waals surface area contributed by atoms with Crippen molar-refractivity contribution in [1.29, 1.82) is 0 Å². The van der Waals surface area contributed by atoms with E-state index in [0.717, 1.165) is 13.0 Å². The maximum absolute atomic E-state index is 5.42. The van der Waals surface area contributed by atoms with E-state index in [9.17, 15) is 0 Å². The normalized spacial score (nSPS) is 10.9. The standard InChI is InChI=1S/C8H14N2S/c1-6(2)8-10-5-7(11-8)3-4-9/h5-6H,3-4,9H2,1-2H3. The van der Waals surface area contributed by atoms with Crippen LogP contribution in [0.3, 0.4) is 0 Å². The van der Waals surface area contributed by atoms with Crippen LogP contribution in [0.15, 0.2) is 6.20 Å². The molecule has 0 aromatic carbocycles. The number of nitrogens with two attached hydrogens (primary N) is 1. The van der Waals surface area contributed by atoms with Crippen LogP contribution < -0.4 is 5.73 Å². The predicted molar refractivity (Wildman–Crippen MR) is 49.0 cm³/mol. The average molecular weight is 170 g/mol. The molecule has 0 aliphatic heterocycles. The van der Waals surface area contributed by atoms with Crippen molar-refractivity contribution in [3.8, 4) is 0 Å². The minimum absolute atomic E-state index is 0.548. The summed E-state index contributed by atoms with van der Waals surface area (Å²) < 4.78 is 0. The van der Waals surface area contributed by atoms with Crippen LogP contribution in [-0.2, 0) is 6.42 Å². The first-order valence-electron chi connectivity index (χ1n) is 3.88. The first-order chi connectivity index (χ1) is 5.24. The van der Waals surface area contributed by atoms with Gasteiger partial charge in [-0.1, -0.05) is 13.8 Å². The first kappa shape index (κ1) is 8.68. The van der Waals surface area contributed by atoms with Gasteiger partial charge in [-0.15, -0.1) is 11.3 Å². The van der Waals surface area contributed by atoms with E-state index in [2.05, 4.69) is 18.8 Å². The van der Waals surface area contributed by atoms with Crippen molar-refractivity contribution >= 4 is 11.3 Å². The average Bonchev–Trinajstić information content (AvgIpc) is 2.37. The Bertz CT molecular complexity index is 218. The third-order valence-corrected chi connectivity index (χ3v) is 2.81. The van der Waals surface area contributed by atoms with Gasteiger partial charge in [-0.2, -0.15) is 0 Å². The Morgan fingerprint density at radius 2 is 2.36 bits per heavy atom. The fourth-order valence-electron chi connectivity index (χ4n) is 0.847. The second-order valence-electron chi connectivity index (χ2n) is 2.86. The fourth-order valence-corrected chi connectivity index (χ4v) is 1.78. The molecule has 0 fully saturated rings. The Hall–Kier alpha value is -0.410. The molecule has 1 aromatic rings. The molecule has 1 rings (SSSR count). The molecular weight excluding hydrogens is 156 g/mol. The van der Waals surface area contributed by atoms with Crippen LogP contribution in [0, 0.1) is 0 Å². The number of hydrogen-bond donors (Lipinski definition) is 1. The van der Waals surface area contributed by atoms with Crippen molar-refractivity contribution in [3.05, 3.63) is 16.1 Å². The largest absolute Gasteiger partial charge is 0.330 e. The summed E-state index contributed by atoms with van der Waals surface area (Å²) in [6.45, 7) is 5.04. The quantitative estimate of drug-likeness (QED) is 0.751. The van der Waals surface area contributed by atoms with Crippen molar-refractivity contribution in [1.82, 2.24) is 4.98 Å². The van der Waals surface area contributed by atoms with Gasteiger partial charge in [0, 0.05) is 17.0 Å². The molecule has 0 bridgehead atoms. The van der Waals surface area contributed by atoms with E-state index < -0.39 is 0 Å². The van der Waals surface area contributed by atoms with Gasteiger partial charge in [-0.05, 0) is 13.0 Å². The summed E-state index contributed by atoms with van der Waals surface area (Å²) in [7, 11) is 0. The SMILES string of the molecule is CC(C)c1ncc(CCN)s1. The zero-order valence-corrected chi connectivity index (χ0v) is 7.82. The molecule has 11 heavy (non-hydrogen) atoms. The molecule has 1 heterocycles. The zero-order chi connectivity index (χ0) is 8.27. The Morgan fingerprint density at radius 3 is 2.82 bits per heavy atom. The van der Waals surface area contributed by atoms with Crippen molar-refractivity contribution in [2.45, 2.75) is 26.2 Å². The molecule has 0 atom stereocenters. The summed E-state index contributed by atoms with van der Waals surface area (Å²) >= 11 is 1.77. The molecular formula is C8H14N2S. The van der Waals surface area contributed by atoms with Gasteiger partial charge in [0.25, 0.3) is 0 Å². The molecule has 0 unspecified atom stereocenters. The summed E-state index contributed by atoms with van der Waals surface area (Å²) in [6, 6.07) is 0. The van der Waals surface area contributed by atoms with E-state index in [4.69, 9.17) is 5.73 Å². The third kappa shape index (κ3) is 2.27. The summed E-state index contributed by atoms with van der Waals surface area (Å²) in [6.07, 6.45) is 2.90. The number of rotatable bonds is 3. The highest BCUT2D eigenvalue weighted by atomic mass is 32.1. The second kappa shape index (κ2) is 3.83. The number of nitrogens with zero attached hydrogens (tertiary/aromatic N) is 1. The Balaban J connectivity index is 2.66. The van der Waals surface area contributed by atoms with Crippen molar-refractivity contribution in [3.63, 3.8) is 0 Å². The monoisotopic (exact) mass is 170 g/mol. The van der Waals surface area contributed by atoms with Gasteiger partial charge in [-0.25, -0.2) is 4.98 Å². The molecule has 0 aliphatic carbocycles. The summed E-state index contributed by atoms with van der Waals surface area (Å²) in [4.78, 5) is 5.60. The fraction of sp³-hybridized carbons (Fsp3) is 0.625. The number of aromatic nitrogens is 1. The molecule has 3 heteroatoms. The predicted octanol–water partition coefficient (Wildman–Crippen LogP) is 1.77. The first-order valence-corrected chi connectivity index (χ1v) is 4.70. The lowest BCUT2D eigenvalue weighted by Crippen LogP contribution is -2.00. The van der Waals surface area contributed by atoms with E-state index in [1.807, 2.05) is 6.20 Å². The molecule has 0 aliphatic rings. The maximum atomic E-state index is 5.42. The van der Waals surface area contributed by atoms with Crippen LogP contribution in [-0.4, -0.2) is 11.5 Å². The highest BCUT2D eigenvalue weighted by Crippen LogP contribution is 2.20. The molecule has 0 saturated carbocycles. The van der Waals surface area contributed by atoms with Crippen molar-refractivity contribution < 1.29 is 0 Å². The van der Waals surface area contributed by atoms with Crippen LogP contribution in [0.25, 0.3) is 0 Å². The summed E-state index contributed by atoms with van der Waals surface area (Å²) in [5.74, 6) is 0.548. The van der Waals surface area contributed by atoms with Gasteiger partial charge < -0.3 is 5.73 Å². The van der Waals surface area contributed by atoms with Crippen LogP contribution >= 0.6 is 11.3 Å². The molecule has 0 saturated heterocycles. The Morgan fingerprint density at radius 1 is 1.64 bits per heavy atom. The van der Waals surface area contributed by atoms with Crippen LogP contribution in [0.4, 0.5) is 0 Å². The number of hydrogen-bond acceptors (Lipinski definition) is 3. The molecule has 2 N–H and O–H groups in total. The van der Waals surface area contributed by atoms with Gasteiger partial charge in [0.05, 0.1) is 5.01 Å². The zero-order valence-electron chi connectivity index (χ0n) is 7.00. The summed E-state index contributed by atoms with van der Waals surface area (Å²) in [5, 5.41) is 1.22. The van der Waals surface area contributed by atoms with E-state index in [1.165, 1.54) is 9.88 Å². The molecule has 62 valence electrons.